The topological polar surface area (TPSA) is 52.5 Å². The second-order valence-electron chi connectivity index (χ2n) is 4.63. The molecule has 0 spiro atoms. The molecule has 1 aromatic heterocycles. The maximum atomic E-state index is 9.64. The Morgan fingerprint density at radius 1 is 1.28 bits per heavy atom. The van der Waals surface area contributed by atoms with Crippen molar-refractivity contribution in [3.8, 4) is 11.5 Å². The fraction of sp³-hybridized carbons (Fsp3) is 0.286. The number of phenols is 2. The Labute approximate surface area is 110 Å². The van der Waals surface area contributed by atoms with E-state index < -0.39 is 0 Å². The van der Waals surface area contributed by atoms with Gasteiger partial charge < -0.3 is 15.5 Å². The van der Waals surface area contributed by atoms with E-state index in [0.29, 0.717) is 0 Å². The summed E-state index contributed by atoms with van der Waals surface area (Å²) in [5.41, 5.74) is 3.53. The predicted molar refractivity (Wildman–Crippen MR) is 72.2 cm³/mol. The quantitative estimate of drug-likeness (QED) is 0.728. The molecule has 4 heteroatoms. The number of rotatable bonds is 2. The summed E-state index contributed by atoms with van der Waals surface area (Å²) in [6.07, 6.45) is 1.81. The maximum absolute atomic E-state index is 9.64. The van der Waals surface area contributed by atoms with E-state index in [1.54, 1.807) is 23.5 Å². The van der Waals surface area contributed by atoms with Crippen molar-refractivity contribution in [2.24, 2.45) is 0 Å². The Kier molecular flexibility index (Phi) is 2.97. The minimum absolute atomic E-state index is 0.0232. The Balaban J connectivity index is 1.93. The van der Waals surface area contributed by atoms with E-state index in [2.05, 4.69) is 22.1 Å². The summed E-state index contributed by atoms with van der Waals surface area (Å²) in [6.45, 7) is 0.909. The lowest BCUT2D eigenvalue weighted by atomic mass is 9.90. The molecule has 0 saturated carbocycles. The second-order valence-corrected chi connectivity index (χ2v) is 5.41. The molecule has 94 valence electrons. The lowest BCUT2D eigenvalue weighted by molar-refractivity contribution is 0.398. The third-order valence-corrected chi connectivity index (χ3v) is 4.15. The number of fused-ring (bicyclic) bond motifs is 1. The minimum Gasteiger partial charge on any atom is -0.504 e. The third kappa shape index (κ3) is 2.09. The number of aromatic hydroxyl groups is 2. The van der Waals surface area contributed by atoms with Gasteiger partial charge in [0, 0.05) is 6.04 Å². The minimum atomic E-state index is -0.0345. The van der Waals surface area contributed by atoms with E-state index in [4.69, 9.17) is 0 Å². The molecule has 0 saturated heterocycles. The van der Waals surface area contributed by atoms with Gasteiger partial charge in [-0.2, -0.15) is 11.3 Å². The van der Waals surface area contributed by atoms with Gasteiger partial charge in [-0.3, -0.25) is 0 Å². The van der Waals surface area contributed by atoms with Gasteiger partial charge in [0.2, 0.25) is 0 Å². The first kappa shape index (κ1) is 11.6. The van der Waals surface area contributed by atoms with Crippen LogP contribution in [0.15, 0.2) is 29.0 Å². The van der Waals surface area contributed by atoms with Gasteiger partial charge in [0.25, 0.3) is 0 Å². The van der Waals surface area contributed by atoms with Crippen LogP contribution >= 0.6 is 11.3 Å². The molecule has 0 fully saturated rings. The highest BCUT2D eigenvalue weighted by molar-refractivity contribution is 7.07. The molecule has 0 bridgehead atoms. The van der Waals surface area contributed by atoms with Crippen LogP contribution in [-0.2, 0) is 12.8 Å². The van der Waals surface area contributed by atoms with E-state index in [1.165, 1.54) is 5.56 Å². The van der Waals surface area contributed by atoms with Crippen LogP contribution in [0.25, 0.3) is 0 Å². The Morgan fingerprint density at radius 3 is 2.89 bits per heavy atom. The molecule has 3 nitrogen and oxygen atoms in total. The summed E-state index contributed by atoms with van der Waals surface area (Å²) in [6, 6.07) is 5.72. The van der Waals surface area contributed by atoms with Crippen LogP contribution in [0.1, 0.15) is 22.7 Å². The van der Waals surface area contributed by atoms with Crippen molar-refractivity contribution in [3.63, 3.8) is 0 Å². The van der Waals surface area contributed by atoms with Gasteiger partial charge in [-0.25, -0.2) is 0 Å². The average Bonchev–Trinajstić information content (AvgIpc) is 2.84. The smallest absolute Gasteiger partial charge is 0.157 e. The molecular formula is C14H15NO2S. The Morgan fingerprint density at radius 2 is 2.11 bits per heavy atom. The van der Waals surface area contributed by atoms with Gasteiger partial charge in [-0.05, 0) is 65.0 Å². The maximum Gasteiger partial charge on any atom is 0.157 e. The van der Waals surface area contributed by atoms with Crippen LogP contribution in [0.5, 0.6) is 11.5 Å². The third-order valence-electron chi connectivity index (χ3n) is 3.42. The van der Waals surface area contributed by atoms with Gasteiger partial charge in [-0.1, -0.05) is 0 Å². The number of thiophene rings is 1. The van der Waals surface area contributed by atoms with Crippen molar-refractivity contribution >= 4 is 11.3 Å². The fourth-order valence-corrected chi connectivity index (χ4v) is 3.18. The van der Waals surface area contributed by atoms with E-state index >= 15 is 0 Å². The van der Waals surface area contributed by atoms with Crippen molar-refractivity contribution in [3.05, 3.63) is 45.6 Å². The van der Waals surface area contributed by atoms with Gasteiger partial charge >= 0.3 is 0 Å². The second kappa shape index (κ2) is 4.63. The highest BCUT2D eigenvalue weighted by Gasteiger charge is 2.21. The number of nitrogens with one attached hydrogen (secondary N) is 1. The summed E-state index contributed by atoms with van der Waals surface area (Å²) in [4.78, 5) is 0. The SMILES string of the molecule is Oc1cc2c(cc1O)C(Cc1ccsc1)NCC2. The van der Waals surface area contributed by atoms with Crippen LogP contribution in [0.2, 0.25) is 0 Å². The van der Waals surface area contributed by atoms with Crippen molar-refractivity contribution in [1.82, 2.24) is 5.32 Å². The van der Waals surface area contributed by atoms with E-state index in [-0.39, 0.29) is 17.5 Å². The first-order valence-corrected chi connectivity index (χ1v) is 6.97. The van der Waals surface area contributed by atoms with Gasteiger partial charge in [0.1, 0.15) is 0 Å². The molecule has 1 unspecified atom stereocenters. The zero-order valence-corrected chi connectivity index (χ0v) is 10.7. The zero-order chi connectivity index (χ0) is 12.5. The van der Waals surface area contributed by atoms with Crippen LogP contribution in [0.3, 0.4) is 0 Å². The number of benzene rings is 1. The lowest BCUT2D eigenvalue weighted by Crippen LogP contribution is -2.31. The van der Waals surface area contributed by atoms with E-state index in [9.17, 15) is 10.2 Å². The molecule has 1 atom stereocenters. The summed E-state index contributed by atoms with van der Waals surface area (Å²) in [5, 5.41) is 26.9. The molecular weight excluding hydrogens is 246 g/mol. The molecule has 2 heterocycles. The summed E-state index contributed by atoms with van der Waals surface area (Å²) in [7, 11) is 0. The van der Waals surface area contributed by atoms with Crippen molar-refractivity contribution in [1.29, 1.82) is 0 Å². The van der Waals surface area contributed by atoms with E-state index in [1.807, 2.05) is 0 Å². The molecule has 1 aliphatic heterocycles. The average molecular weight is 261 g/mol. The zero-order valence-electron chi connectivity index (χ0n) is 9.89. The van der Waals surface area contributed by atoms with Gasteiger partial charge in [0.15, 0.2) is 11.5 Å². The summed E-state index contributed by atoms with van der Waals surface area (Å²) in [5.74, 6) is -0.0577. The van der Waals surface area contributed by atoms with Crippen molar-refractivity contribution in [2.75, 3.05) is 6.54 Å². The van der Waals surface area contributed by atoms with Gasteiger partial charge in [-0.15, -0.1) is 0 Å². The van der Waals surface area contributed by atoms with Crippen LogP contribution in [0, 0.1) is 0 Å². The summed E-state index contributed by atoms with van der Waals surface area (Å²) < 4.78 is 0. The molecule has 1 aliphatic rings. The van der Waals surface area contributed by atoms with Crippen LogP contribution in [-0.4, -0.2) is 16.8 Å². The van der Waals surface area contributed by atoms with Gasteiger partial charge in [0.05, 0.1) is 0 Å². The highest BCUT2D eigenvalue weighted by atomic mass is 32.1. The fourth-order valence-electron chi connectivity index (χ4n) is 2.49. The summed E-state index contributed by atoms with van der Waals surface area (Å²) >= 11 is 1.70. The predicted octanol–water partition coefficient (Wildman–Crippen LogP) is 2.59. The molecule has 2 aromatic rings. The Bertz CT molecular complexity index is 551. The highest BCUT2D eigenvalue weighted by Crippen LogP contribution is 2.34. The molecule has 3 rings (SSSR count). The van der Waals surface area contributed by atoms with Crippen molar-refractivity contribution in [2.45, 2.75) is 18.9 Å². The standard InChI is InChI=1S/C14H15NO2S/c16-13-6-10-1-3-15-12(11(10)7-14(13)17)5-9-2-4-18-8-9/h2,4,6-8,12,15-17H,1,3,5H2. The first-order chi connectivity index (χ1) is 8.74. The monoisotopic (exact) mass is 261 g/mol. The lowest BCUT2D eigenvalue weighted by Gasteiger charge is -2.27. The van der Waals surface area contributed by atoms with Crippen LogP contribution in [0.4, 0.5) is 0 Å². The number of hydrogen-bond acceptors (Lipinski definition) is 4. The molecule has 3 N–H and O–H groups in total. The first-order valence-electron chi connectivity index (χ1n) is 6.03. The molecule has 18 heavy (non-hydrogen) atoms. The normalized spacial score (nSPS) is 18.6. The Hall–Kier alpha value is -1.52. The molecule has 0 amide bonds. The number of hydrogen-bond donors (Lipinski definition) is 3. The molecule has 1 aromatic carbocycles. The van der Waals surface area contributed by atoms with E-state index in [0.717, 1.165) is 30.5 Å². The van der Waals surface area contributed by atoms with Crippen LogP contribution < -0.4 is 5.32 Å². The largest absolute Gasteiger partial charge is 0.504 e. The van der Waals surface area contributed by atoms with Crippen molar-refractivity contribution < 1.29 is 10.2 Å². The molecule has 0 radical (unpaired) electrons. The number of phenolic OH excluding ortho intramolecular Hbond substituents is 2. The molecule has 0 aliphatic carbocycles.